The average molecular weight is 449 g/mol. The molecule has 4 rings (SSSR count). The van der Waals surface area contributed by atoms with Gasteiger partial charge in [0.25, 0.3) is 0 Å². The summed E-state index contributed by atoms with van der Waals surface area (Å²) in [4.78, 5) is 33.0. The molecule has 1 fully saturated rings. The molecule has 1 amide bonds. The van der Waals surface area contributed by atoms with Crippen molar-refractivity contribution in [2.45, 2.75) is 43.7 Å². The van der Waals surface area contributed by atoms with E-state index in [1.54, 1.807) is 13.8 Å². The Morgan fingerprint density at radius 2 is 2.20 bits per heavy atom. The highest BCUT2D eigenvalue weighted by Gasteiger charge is 2.60. The van der Waals surface area contributed by atoms with E-state index >= 15 is 0 Å². The molecule has 0 bridgehead atoms. The van der Waals surface area contributed by atoms with E-state index in [-0.39, 0.29) is 23.6 Å². The fourth-order valence-corrected chi connectivity index (χ4v) is 6.52. The van der Waals surface area contributed by atoms with Gasteiger partial charge in [0.05, 0.1) is 29.6 Å². The van der Waals surface area contributed by atoms with E-state index in [1.807, 2.05) is 17.2 Å². The van der Waals surface area contributed by atoms with Crippen LogP contribution in [0.1, 0.15) is 32.9 Å². The number of hydrogen-bond acceptors (Lipinski definition) is 7. The highest BCUT2D eigenvalue weighted by atomic mass is 32.2. The minimum Gasteiger partial charge on any atom is -0.477 e. The second-order valence-electron chi connectivity index (χ2n) is 7.88. The predicted molar refractivity (Wildman–Crippen MR) is 115 cm³/mol. The molecule has 3 aliphatic heterocycles. The number of rotatable bonds is 5. The fourth-order valence-electron chi connectivity index (χ4n) is 4.41. The van der Waals surface area contributed by atoms with Crippen molar-refractivity contribution in [1.82, 2.24) is 14.8 Å². The number of carboxylic acids is 1. The number of aromatic nitrogens is 1. The molecule has 1 aromatic heterocycles. The van der Waals surface area contributed by atoms with Gasteiger partial charge in [0, 0.05) is 29.3 Å². The third-order valence-corrected chi connectivity index (χ3v) is 8.23. The number of amidine groups is 1. The summed E-state index contributed by atoms with van der Waals surface area (Å²) >= 11 is 2.77. The van der Waals surface area contributed by atoms with Crippen LogP contribution in [0.15, 0.2) is 26.4 Å². The van der Waals surface area contributed by atoms with Crippen molar-refractivity contribution in [3.8, 4) is 0 Å². The van der Waals surface area contributed by atoms with Gasteiger partial charge in [-0.25, -0.2) is 9.78 Å². The number of aliphatic carboxylic acids is 1. The number of carboxylic acid groups (broad SMARTS) is 1. The summed E-state index contributed by atoms with van der Waals surface area (Å²) in [5.41, 5.74) is 2.04. The Labute approximate surface area is 182 Å². The largest absolute Gasteiger partial charge is 0.477 e. The van der Waals surface area contributed by atoms with Gasteiger partial charge in [-0.2, -0.15) is 0 Å². The standard InChI is InChI=1S/C20H24N4O4S2/c1-9-15-14(10(2)25)18(26)24(15)16(19(27)28)17(9)30-20-22-13(8-29-20)12-4-6-23(7-5-12)11(3)21/h4,8-10,14-15,21,25H,5-7H2,1-3H3,(H,27,28)/t9-,10-,14-,15-/m1/s1. The van der Waals surface area contributed by atoms with E-state index in [0.29, 0.717) is 17.3 Å². The van der Waals surface area contributed by atoms with E-state index in [1.165, 1.54) is 28.0 Å². The molecule has 0 aliphatic carbocycles. The minimum absolute atomic E-state index is 0.0186. The molecule has 1 aromatic rings. The van der Waals surface area contributed by atoms with Crippen LogP contribution in [-0.2, 0) is 9.59 Å². The first-order valence-electron chi connectivity index (χ1n) is 9.82. The molecule has 4 atom stereocenters. The quantitative estimate of drug-likeness (QED) is 0.360. The van der Waals surface area contributed by atoms with Crippen molar-refractivity contribution >= 4 is 46.4 Å². The molecular weight excluding hydrogens is 424 g/mol. The molecule has 1 saturated heterocycles. The molecule has 10 heteroatoms. The zero-order valence-corrected chi connectivity index (χ0v) is 18.6. The van der Waals surface area contributed by atoms with E-state index < -0.39 is 18.0 Å². The van der Waals surface area contributed by atoms with E-state index in [9.17, 15) is 19.8 Å². The number of thiazole rings is 1. The molecule has 160 valence electrons. The second-order valence-corrected chi connectivity index (χ2v) is 10.0. The van der Waals surface area contributed by atoms with Gasteiger partial charge in [-0.05, 0) is 25.8 Å². The monoisotopic (exact) mass is 448 g/mol. The Kier molecular flexibility index (Phi) is 5.50. The number of amides is 1. The van der Waals surface area contributed by atoms with Crippen molar-refractivity contribution in [3.05, 3.63) is 27.8 Å². The number of nitrogens with one attached hydrogen (secondary N) is 1. The van der Waals surface area contributed by atoms with Gasteiger partial charge in [0.2, 0.25) is 5.91 Å². The van der Waals surface area contributed by atoms with Crippen LogP contribution in [-0.4, -0.2) is 67.9 Å². The summed E-state index contributed by atoms with van der Waals surface area (Å²) in [6, 6.07) is -0.318. The van der Waals surface area contributed by atoms with Gasteiger partial charge < -0.3 is 20.0 Å². The first-order chi connectivity index (χ1) is 14.2. The number of β-lactam (4-membered cyclic amide) rings is 1. The maximum atomic E-state index is 12.4. The number of carbonyl (C=O) groups excluding carboxylic acids is 1. The maximum Gasteiger partial charge on any atom is 0.353 e. The lowest BCUT2D eigenvalue weighted by Gasteiger charge is -2.46. The van der Waals surface area contributed by atoms with Crippen LogP contribution >= 0.6 is 23.1 Å². The van der Waals surface area contributed by atoms with Crippen LogP contribution in [0.2, 0.25) is 0 Å². The lowest BCUT2D eigenvalue weighted by Crippen LogP contribution is -2.63. The lowest BCUT2D eigenvalue weighted by atomic mass is 9.79. The van der Waals surface area contributed by atoms with Crippen molar-refractivity contribution < 1.29 is 19.8 Å². The number of aliphatic hydroxyl groups is 1. The number of hydrogen-bond donors (Lipinski definition) is 3. The van der Waals surface area contributed by atoms with Crippen molar-refractivity contribution in [2.24, 2.45) is 11.8 Å². The third kappa shape index (κ3) is 3.36. The summed E-state index contributed by atoms with van der Waals surface area (Å²) in [5, 5.41) is 29.4. The van der Waals surface area contributed by atoms with Crippen LogP contribution in [0, 0.1) is 17.2 Å². The lowest BCUT2D eigenvalue weighted by molar-refractivity contribution is -0.163. The van der Waals surface area contributed by atoms with Crippen LogP contribution in [0.5, 0.6) is 0 Å². The number of nitrogens with zero attached hydrogens (tertiary/aromatic N) is 3. The summed E-state index contributed by atoms with van der Waals surface area (Å²) in [7, 11) is 0. The van der Waals surface area contributed by atoms with E-state index in [2.05, 4.69) is 6.08 Å². The Morgan fingerprint density at radius 1 is 1.47 bits per heavy atom. The van der Waals surface area contributed by atoms with Gasteiger partial charge >= 0.3 is 5.97 Å². The summed E-state index contributed by atoms with van der Waals surface area (Å²) < 4.78 is 0.737. The summed E-state index contributed by atoms with van der Waals surface area (Å²) in [6.45, 7) is 6.74. The van der Waals surface area contributed by atoms with Crippen LogP contribution < -0.4 is 0 Å². The van der Waals surface area contributed by atoms with Crippen LogP contribution in [0.4, 0.5) is 0 Å². The van der Waals surface area contributed by atoms with Crippen LogP contribution in [0.25, 0.3) is 5.57 Å². The molecule has 30 heavy (non-hydrogen) atoms. The fraction of sp³-hybridized carbons (Fsp3) is 0.500. The number of carbonyl (C=O) groups is 2. The predicted octanol–water partition coefficient (Wildman–Crippen LogP) is 2.48. The van der Waals surface area contributed by atoms with Gasteiger partial charge in [-0.1, -0.05) is 24.8 Å². The summed E-state index contributed by atoms with van der Waals surface area (Å²) in [5.74, 6) is -1.64. The summed E-state index contributed by atoms with van der Waals surface area (Å²) in [6.07, 6.45) is 2.09. The molecule has 4 heterocycles. The number of thioether (sulfide) groups is 1. The Morgan fingerprint density at radius 3 is 2.77 bits per heavy atom. The van der Waals surface area contributed by atoms with Crippen molar-refractivity contribution in [3.63, 3.8) is 0 Å². The van der Waals surface area contributed by atoms with E-state index in [4.69, 9.17) is 10.4 Å². The van der Waals surface area contributed by atoms with Gasteiger partial charge in [0.1, 0.15) is 5.70 Å². The second kappa shape index (κ2) is 7.82. The average Bonchev–Trinajstić information content (AvgIpc) is 3.24. The topological polar surface area (TPSA) is 118 Å². The van der Waals surface area contributed by atoms with E-state index in [0.717, 1.165) is 28.6 Å². The first kappa shape index (κ1) is 21.1. The first-order valence-corrected chi connectivity index (χ1v) is 11.5. The smallest absolute Gasteiger partial charge is 0.353 e. The molecule has 0 spiro atoms. The molecule has 0 radical (unpaired) electrons. The molecule has 3 N–H and O–H groups in total. The Balaban J connectivity index is 1.56. The molecule has 0 aromatic carbocycles. The number of aliphatic hydroxyl groups excluding tert-OH is 1. The maximum absolute atomic E-state index is 12.4. The minimum atomic E-state index is -1.13. The third-order valence-electron chi connectivity index (χ3n) is 6.00. The van der Waals surface area contributed by atoms with Gasteiger partial charge in [-0.15, -0.1) is 11.3 Å². The normalized spacial score (nSPS) is 27.0. The van der Waals surface area contributed by atoms with Gasteiger partial charge in [-0.3, -0.25) is 10.2 Å². The zero-order valence-electron chi connectivity index (χ0n) is 17.0. The number of fused-ring (bicyclic) bond motifs is 1. The highest BCUT2D eigenvalue weighted by Crippen LogP contribution is 2.52. The Hall–Kier alpha value is -2.17. The Bertz CT molecular complexity index is 983. The molecule has 3 aliphatic rings. The molecule has 8 nitrogen and oxygen atoms in total. The van der Waals surface area contributed by atoms with Crippen LogP contribution in [0.3, 0.4) is 0 Å². The SMILES string of the molecule is CC(=N)N1CC=C(c2csc(SC3=C(C(=O)O)N4C(=O)[C@H]([C@@H](C)O)[C@H]4[C@H]3C)n2)CC1. The zero-order chi connectivity index (χ0) is 21.7. The molecular formula is C20H24N4O4S2. The van der Waals surface area contributed by atoms with Crippen molar-refractivity contribution in [2.75, 3.05) is 13.1 Å². The highest BCUT2D eigenvalue weighted by molar-refractivity contribution is 8.04. The molecule has 0 unspecified atom stereocenters. The van der Waals surface area contributed by atoms with Crippen molar-refractivity contribution in [1.29, 1.82) is 5.41 Å². The van der Waals surface area contributed by atoms with Gasteiger partial charge in [0.15, 0.2) is 4.34 Å². The molecule has 0 saturated carbocycles.